The van der Waals surface area contributed by atoms with Crippen LogP contribution in [-0.2, 0) is 13.2 Å². The summed E-state index contributed by atoms with van der Waals surface area (Å²) < 4.78 is 20.6. The fraction of sp³-hybridized carbons (Fsp3) is 0.308. The van der Waals surface area contributed by atoms with Crippen LogP contribution >= 0.6 is 0 Å². The monoisotopic (exact) mass is 234 g/mol. The molecule has 0 fully saturated rings. The van der Waals surface area contributed by atoms with Gasteiger partial charge in [-0.15, -0.1) is 0 Å². The average Bonchev–Trinajstić information content (AvgIpc) is 2.78. The topological polar surface area (TPSA) is 27.1 Å². The molecule has 0 aliphatic rings. The second kappa shape index (κ2) is 4.99. The second-order valence-corrected chi connectivity index (χ2v) is 3.83. The molecule has 2 aromatic rings. The Bertz CT molecular complexity index is 508. The molecule has 3 nitrogen and oxygen atoms in total. The number of imidazole rings is 1. The van der Waals surface area contributed by atoms with Crippen molar-refractivity contribution in [3.63, 3.8) is 0 Å². The van der Waals surface area contributed by atoms with Crippen molar-refractivity contribution in [2.24, 2.45) is 0 Å². The lowest BCUT2D eigenvalue weighted by atomic mass is 10.2. The van der Waals surface area contributed by atoms with Crippen molar-refractivity contribution in [2.75, 3.05) is 0 Å². The fourth-order valence-electron chi connectivity index (χ4n) is 1.62. The van der Waals surface area contributed by atoms with E-state index < -0.39 is 0 Å². The Labute approximate surface area is 99.9 Å². The minimum atomic E-state index is -0.215. The Morgan fingerprint density at radius 3 is 2.94 bits per heavy atom. The summed E-state index contributed by atoms with van der Waals surface area (Å²) in [6, 6.07) is 4.73. The van der Waals surface area contributed by atoms with Crippen molar-refractivity contribution in [2.45, 2.75) is 27.0 Å². The highest BCUT2D eigenvalue weighted by atomic mass is 19.1. The molecule has 0 atom stereocenters. The summed E-state index contributed by atoms with van der Waals surface area (Å²) in [4.78, 5) is 4.21. The van der Waals surface area contributed by atoms with Gasteiger partial charge in [-0.05, 0) is 37.6 Å². The lowest BCUT2D eigenvalue weighted by molar-refractivity contribution is 0.289. The Hall–Kier alpha value is -1.84. The van der Waals surface area contributed by atoms with Crippen molar-refractivity contribution < 1.29 is 9.13 Å². The van der Waals surface area contributed by atoms with Crippen molar-refractivity contribution in [1.82, 2.24) is 9.55 Å². The summed E-state index contributed by atoms with van der Waals surface area (Å²) in [6.07, 6.45) is 3.66. The van der Waals surface area contributed by atoms with Crippen molar-refractivity contribution in [3.8, 4) is 5.75 Å². The molecule has 0 aliphatic heterocycles. The number of halogens is 1. The molecular weight excluding hydrogens is 219 g/mol. The van der Waals surface area contributed by atoms with Gasteiger partial charge in [0.25, 0.3) is 0 Å². The molecule has 1 aromatic carbocycles. The lowest BCUT2D eigenvalue weighted by Crippen LogP contribution is -2.05. The van der Waals surface area contributed by atoms with E-state index in [-0.39, 0.29) is 5.82 Å². The van der Waals surface area contributed by atoms with E-state index >= 15 is 0 Å². The maximum atomic E-state index is 13.1. The number of hydrogen-bond acceptors (Lipinski definition) is 2. The largest absolute Gasteiger partial charge is 0.486 e. The molecule has 0 saturated carbocycles. The van der Waals surface area contributed by atoms with Gasteiger partial charge in [0.1, 0.15) is 24.0 Å². The van der Waals surface area contributed by atoms with Crippen LogP contribution in [0, 0.1) is 12.7 Å². The van der Waals surface area contributed by atoms with Crippen molar-refractivity contribution in [1.29, 1.82) is 0 Å². The number of ether oxygens (including phenoxy) is 1. The maximum Gasteiger partial charge on any atom is 0.146 e. The predicted octanol–water partition coefficient (Wildman–Crippen LogP) is 2.93. The molecular formula is C13H15FN2O. The summed E-state index contributed by atoms with van der Waals surface area (Å²) in [5.41, 5.74) is 0.585. The lowest BCUT2D eigenvalue weighted by Gasteiger charge is -2.08. The summed E-state index contributed by atoms with van der Waals surface area (Å²) in [5.74, 6) is 1.32. The van der Waals surface area contributed by atoms with E-state index in [1.807, 2.05) is 17.7 Å². The van der Waals surface area contributed by atoms with Crippen LogP contribution in [0.5, 0.6) is 5.75 Å². The van der Waals surface area contributed by atoms with Crippen LogP contribution < -0.4 is 4.74 Å². The summed E-state index contributed by atoms with van der Waals surface area (Å²) in [5, 5.41) is 0. The molecule has 0 aliphatic carbocycles. The first-order valence-electron chi connectivity index (χ1n) is 5.59. The van der Waals surface area contributed by atoms with Gasteiger partial charge in [-0.25, -0.2) is 9.37 Å². The van der Waals surface area contributed by atoms with Crippen LogP contribution in [0.1, 0.15) is 18.3 Å². The van der Waals surface area contributed by atoms with E-state index in [0.29, 0.717) is 17.9 Å². The van der Waals surface area contributed by atoms with Gasteiger partial charge in [0, 0.05) is 18.9 Å². The predicted molar refractivity (Wildman–Crippen MR) is 63.4 cm³/mol. The minimum Gasteiger partial charge on any atom is -0.486 e. The van der Waals surface area contributed by atoms with E-state index in [1.54, 1.807) is 25.3 Å². The Balaban J connectivity index is 2.05. The zero-order chi connectivity index (χ0) is 12.3. The molecule has 0 bridgehead atoms. The average molecular weight is 234 g/mol. The van der Waals surface area contributed by atoms with Gasteiger partial charge < -0.3 is 9.30 Å². The number of aryl methyl sites for hydroxylation is 2. The van der Waals surface area contributed by atoms with Gasteiger partial charge in [-0.2, -0.15) is 0 Å². The van der Waals surface area contributed by atoms with Crippen LogP contribution in [0.2, 0.25) is 0 Å². The van der Waals surface area contributed by atoms with Crippen molar-refractivity contribution in [3.05, 3.63) is 47.8 Å². The summed E-state index contributed by atoms with van der Waals surface area (Å²) in [6.45, 7) is 5.02. The molecule has 2 rings (SSSR count). The highest BCUT2D eigenvalue weighted by molar-refractivity contribution is 5.28. The van der Waals surface area contributed by atoms with Gasteiger partial charge >= 0.3 is 0 Å². The first-order valence-corrected chi connectivity index (χ1v) is 5.59. The van der Waals surface area contributed by atoms with Gasteiger partial charge in [-0.3, -0.25) is 0 Å². The molecule has 1 heterocycles. The van der Waals surface area contributed by atoms with Crippen LogP contribution in [0.3, 0.4) is 0 Å². The van der Waals surface area contributed by atoms with Gasteiger partial charge in [0.05, 0.1) is 0 Å². The van der Waals surface area contributed by atoms with Gasteiger partial charge in [0.2, 0.25) is 0 Å². The molecule has 0 saturated heterocycles. The SMILES string of the molecule is CCn1ccnc1COc1ccc(F)c(C)c1. The van der Waals surface area contributed by atoms with Gasteiger partial charge in [0.15, 0.2) is 0 Å². The highest BCUT2D eigenvalue weighted by Crippen LogP contribution is 2.17. The highest BCUT2D eigenvalue weighted by Gasteiger charge is 2.03. The molecule has 4 heteroatoms. The normalized spacial score (nSPS) is 10.5. The van der Waals surface area contributed by atoms with E-state index in [4.69, 9.17) is 4.74 Å². The molecule has 90 valence electrons. The Morgan fingerprint density at radius 1 is 1.41 bits per heavy atom. The number of hydrogen-bond donors (Lipinski definition) is 0. The molecule has 17 heavy (non-hydrogen) atoms. The van der Waals surface area contributed by atoms with E-state index in [0.717, 1.165) is 12.4 Å². The zero-order valence-electron chi connectivity index (χ0n) is 9.98. The molecule has 0 unspecified atom stereocenters. The van der Waals surface area contributed by atoms with E-state index in [2.05, 4.69) is 4.98 Å². The molecule has 0 amide bonds. The summed E-state index contributed by atoms with van der Waals surface area (Å²) >= 11 is 0. The standard InChI is InChI=1S/C13H15FN2O/c1-3-16-7-6-15-13(16)9-17-11-4-5-12(14)10(2)8-11/h4-8H,3,9H2,1-2H3. The quantitative estimate of drug-likeness (QED) is 0.813. The van der Waals surface area contributed by atoms with E-state index in [1.165, 1.54) is 6.07 Å². The third-order valence-corrected chi connectivity index (χ3v) is 2.64. The first-order chi connectivity index (χ1) is 8.20. The molecule has 0 N–H and O–H groups in total. The molecule has 0 spiro atoms. The number of nitrogens with zero attached hydrogens (tertiary/aromatic N) is 2. The first kappa shape index (κ1) is 11.6. The Kier molecular flexibility index (Phi) is 3.42. The van der Waals surface area contributed by atoms with E-state index in [9.17, 15) is 4.39 Å². The third-order valence-electron chi connectivity index (χ3n) is 2.64. The van der Waals surface area contributed by atoms with Crippen LogP contribution in [0.4, 0.5) is 4.39 Å². The maximum absolute atomic E-state index is 13.1. The summed E-state index contributed by atoms with van der Waals surface area (Å²) in [7, 11) is 0. The number of benzene rings is 1. The smallest absolute Gasteiger partial charge is 0.146 e. The van der Waals surface area contributed by atoms with Gasteiger partial charge in [-0.1, -0.05) is 0 Å². The zero-order valence-corrected chi connectivity index (χ0v) is 9.98. The van der Waals surface area contributed by atoms with Crippen LogP contribution in [0.15, 0.2) is 30.6 Å². The Morgan fingerprint density at radius 2 is 2.24 bits per heavy atom. The molecule has 0 radical (unpaired) electrons. The minimum absolute atomic E-state index is 0.215. The van der Waals surface area contributed by atoms with Crippen molar-refractivity contribution >= 4 is 0 Å². The number of aromatic nitrogens is 2. The number of rotatable bonds is 4. The fourth-order valence-corrected chi connectivity index (χ4v) is 1.62. The second-order valence-electron chi connectivity index (χ2n) is 3.83. The van der Waals surface area contributed by atoms with Crippen LogP contribution in [0.25, 0.3) is 0 Å². The van der Waals surface area contributed by atoms with Crippen LogP contribution in [-0.4, -0.2) is 9.55 Å². The third kappa shape index (κ3) is 2.64. The molecule has 1 aromatic heterocycles.